The summed E-state index contributed by atoms with van der Waals surface area (Å²) in [4.78, 5) is 19.6. The second-order valence-electron chi connectivity index (χ2n) is 6.00. The number of thioether (sulfide) groups is 1. The van der Waals surface area contributed by atoms with Gasteiger partial charge in [-0.25, -0.2) is 4.99 Å². The molecule has 134 valence electrons. The molecule has 4 nitrogen and oxygen atoms in total. The SMILES string of the molecule is CCCN1C(=O)/C(=C\c2cc(Cl)ccc2O)SC1=Nc1ccc(C)cc1. The Labute approximate surface area is 162 Å². The van der Waals surface area contributed by atoms with Gasteiger partial charge in [-0.2, -0.15) is 0 Å². The highest BCUT2D eigenvalue weighted by Gasteiger charge is 2.32. The van der Waals surface area contributed by atoms with Crippen LogP contribution in [-0.4, -0.2) is 27.6 Å². The maximum Gasteiger partial charge on any atom is 0.266 e. The molecule has 0 bridgehead atoms. The van der Waals surface area contributed by atoms with Crippen molar-refractivity contribution in [2.45, 2.75) is 20.3 Å². The number of amides is 1. The molecular formula is C20H19ClN2O2S. The molecule has 1 aliphatic rings. The Balaban J connectivity index is 1.97. The number of aryl methyl sites for hydroxylation is 1. The lowest BCUT2D eigenvalue weighted by Gasteiger charge is -2.14. The zero-order valence-electron chi connectivity index (χ0n) is 14.6. The predicted octanol–water partition coefficient (Wildman–Crippen LogP) is 5.37. The summed E-state index contributed by atoms with van der Waals surface area (Å²) in [7, 11) is 0. The quantitative estimate of drug-likeness (QED) is 0.719. The van der Waals surface area contributed by atoms with Crippen LogP contribution in [0, 0.1) is 6.92 Å². The number of aliphatic imine (C=N–C) groups is 1. The molecule has 0 aliphatic carbocycles. The van der Waals surface area contributed by atoms with Crippen LogP contribution in [0.2, 0.25) is 5.02 Å². The maximum atomic E-state index is 12.8. The zero-order chi connectivity index (χ0) is 18.7. The Morgan fingerprint density at radius 1 is 1.23 bits per heavy atom. The fourth-order valence-electron chi connectivity index (χ4n) is 2.52. The summed E-state index contributed by atoms with van der Waals surface area (Å²) in [5.41, 5.74) is 2.48. The second kappa shape index (κ2) is 7.98. The van der Waals surface area contributed by atoms with E-state index in [0.29, 0.717) is 27.2 Å². The molecule has 0 atom stereocenters. The Bertz CT molecular complexity index is 891. The fraction of sp³-hybridized carbons (Fsp3) is 0.200. The number of rotatable bonds is 4. The average molecular weight is 387 g/mol. The first-order chi connectivity index (χ1) is 12.5. The third kappa shape index (κ3) is 4.11. The number of hydrogen-bond acceptors (Lipinski definition) is 4. The molecule has 0 saturated carbocycles. The van der Waals surface area contributed by atoms with Gasteiger partial charge in [0.15, 0.2) is 5.17 Å². The summed E-state index contributed by atoms with van der Waals surface area (Å²) in [5.74, 6) is -0.0247. The van der Waals surface area contributed by atoms with E-state index in [1.165, 1.54) is 17.8 Å². The van der Waals surface area contributed by atoms with Crippen LogP contribution in [0.15, 0.2) is 52.4 Å². The van der Waals surface area contributed by atoms with Gasteiger partial charge in [-0.05, 0) is 61.5 Å². The first-order valence-electron chi connectivity index (χ1n) is 8.33. The summed E-state index contributed by atoms with van der Waals surface area (Å²) in [6.45, 7) is 4.63. The Kier molecular flexibility index (Phi) is 5.69. The molecule has 6 heteroatoms. The molecule has 1 fully saturated rings. The van der Waals surface area contributed by atoms with Crippen molar-refractivity contribution in [2.24, 2.45) is 4.99 Å². The minimum absolute atomic E-state index is 0.0845. The first kappa shape index (κ1) is 18.5. The van der Waals surface area contributed by atoms with Crippen LogP contribution in [0.3, 0.4) is 0 Å². The zero-order valence-corrected chi connectivity index (χ0v) is 16.1. The standard InChI is InChI=1S/C20H19ClN2O2S/c1-3-10-23-19(25)18(12-14-11-15(21)6-9-17(14)24)26-20(23)22-16-7-4-13(2)5-8-16/h4-9,11-12,24H,3,10H2,1-2H3/b18-12+,22-20?. The monoisotopic (exact) mass is 386 g/mol. The minimum Gasteiger partial charge on any atom is -0.507 e. The van der Waals surface area contributed by atoms with Crippen molar-refractivity contribution >= 4 is 46.2 Å². The van der Waals surface area contributed by atoms with Crippen LogP contribution in [0.4, 0.5) is 5.69 Å². The molecule has 26 heavy (non-hydrogen) atoms. The second-order valence-corrected chi connectivity index (χ2v) is 7.45. The highest BCUT2D eigenvalue weighted by Crippen LogP contribution is 2.36. The summed E-state index contributed by atoms with van der Waals surface area (Å²) in [5, 5.41) is 11.2. The highest BCUT2D eigenvalue weighted by atomic mass is 35.5. The third-order valence-electron chi connectivity index (χ3n) is 3.87. The van der Waals surface area contributed by atoms with Gasteiger partial charge in [0.25, 0.3) is 5.91 Å². The van der Waals surface area contributed by atoms with Gasteiger partial charge in [0.2, 0.25) is 0 Å². The number of phenols is 1. The summed E-state index contributed by atoms with van der Waals surface area (Å²) in [6.07, 6.45) is 2.49. The van der Waals surface area contributed by atoms with Crippen molar-refractivity contribution in [3.8, 4) is 5.75 Å². The molecule has 0 spiro atoms. The van der Waals surface area contributed by atoms with Gasteiger partial charge in [0.05, 0.1) is 10.6 Å². The Hall–Kier alpha value is -2.24. The van der Waals surface area contributed by atoms with Gasteiger partial charge in [0.1, 0.15) is 5.75 Å². The van der Waals surface area contributed by atoms with Crippen LogP contribution < -0.4 is 0 Å². The minimum atomic E-state index is -0.109. The van der Waals surface area contributed by atoms with Crippen LogP contribution in [0.25, 0.3) is 6.08 Å². The van der Waals surface area contributed by atoms with Crippen molar-refractivity contribution in [2.75, 3.05) is 6.54 Å². The molecule has 1 aliphatic heterocycles. The molecule has 3 rings (SSSR count). The Morgan fingerprint density at radius 2 is 1.96 bits per heavy atom. The molecule has 0 radical (unpaired) electrons. The van der Waals surface area contributed by atoms with E-state index in [4.69, 9.17) is 11.6 Å². The van der Waals surface area contributed by atoms with E-state index in [0.717, 1.165) is 17.7 Å². The largest absolute Gasteiger partial charge is 0.507 e. The number of halogens is 1. The van der Waals surface area contributed by atoms with Gasteiger partial charge >= 0.3 is 0 Å². The van der Waals surface area contributed by atoms with Gasteiger partial charge in [0, 0.05) is 17.1 Å². The van der Waals surface area contributed by atoms with E-state index in [2.05, 4.69) is 4.99 Å². The maximum absolute atomic E-state index is 12.8. The third-order valence-corrected chi connectivity index (χ3v) is 5.11. The molecule has 1 heterocycles. The average Bonchev–Trinajstić information content (AvgIpc) is 2.89. The van der Waals surface area contributed by atoms with Crippen molar-refractivity contribution in [1.29, 1.82) is 0 Å². The molecule has 2 aromatic rings. The number of nitrogens with zero attached hydrogens (tertiary/aromatic N) is 2. The number of carbonyl (C=O) groups is 1. The molecule has 1 N–H and O–H groups in total. The van der Waals surface area contributed by atoms with Gasteiger partial charge in [-0.15, -0.1) is 0 Å². The van der Waals surface area contributed by atoms with Gasteiger partial charge < -0.3 is 5.11 Å². The fourth-order valence-corrected chi connectivity index (χ4v) is 3.72. The Morgan fingerprint density at radius 3 is 2.65 bits per heavy atom. The molecular weight excluding hydrogens is 368 g/mol. The van der Waals surface area contributed by atoms with Crippen molar-refractivity contribution < 1.29 is 9.90 Å². The highest BCUT2D eigenvalue weighted by molar-refractivity contribution is 8.18. The number of amidine groups is 1. The van der Waals surface area contributed by atoms with Crippen LogP contribution >= 0.6 is 23.4 Å². The van der Waals surface area contributed by atoms with Crippen molar-refractivity contribution in [3.63, 3.8) is 0 Å². The van der Waals surface area contributed by atoms with Crippen LogP contribution in [-0.2, 0) is 4.79 Å². The van der Waals surface area contributed by atoms with E-state index in [1.54, 1.807) is 23.1 Å². The van der Waals surface area contributed by atoms with Crippen molar-refractivity contribution in [3.05, 3.63) is 63.5 Å². The number of hydrogen-bond donors (Lipinski definition) is 1. The molecule has 0 unspecified atom stereocenters. The van der Waals surface area contributed by atoms with Crippen LogP contribution in [0.5, 0.6) is 5.75 Å². The number of aromatic hydroxyl groups is 1. The molecule has 1 saturated heterocycles. The lowest BCUT2D eigenvalue weighted by atomic mass is 10.2. The molecule has 0 aromatic heterocycles. The summed E-state index contributed by atoms with van der Waals surface area (Å²) < 4.78 is 0. The first-order valence-corrected chi connectivity index (χ1v) is 9.52. The molecule has 2 aromatic carbocycles. The lowest BCUT2D eigenvalue weighted by Crippen LogP contribution is -2.29. The van der Waals surface area contributed by atoms with E-state index in [1.807, 2.05) is 38.1 Å². The smallest absolute Gasteiger partial charge is 0.266 e. The number of benzene rings is 2. The number of phenolic OH excluding ortho intramolecular Hbond substituents is 1. The van der Waals surface area contributed by atoms with Crippen molar-refractivity contribution in [1.82, 2.24) is 4.90 Å². The van der Waals surface area contributed by atoms with E-state index < -0.39 is 0 Å². The van der Waals surface area contributed by atoms with Gasteiger partial charge in [-0.3, -0.25) is 9.69 Å². The number of carbonyl (C=O) groups excluding carboxylic acids is 1. The van der Waals surface area contributed by atoms with E-state index in [-0.39, 0.29) is 11.7 Å². The predicted molar refractivity (Wildman–Crippen MR) is 109 cm³/mol. The molecule has 1 amide bonds. The summed E-state index contributed by atoms with van der Waals surface area (Å²) in [6, 6.07) is 12.6. The van der Waals surface area contributed by atoms with Gasteiger partial charge in [-0.1, -0.05) is 36.2 Å². The van der Waals surface area contributed by atoms with Crippen LogP contribution in [0.1, 0.15) is 24.5 Å². The topological polar surface area (TPSA) is 52.9 Å². The normalized spacial score (nSPS) is 17.5. The van der Waals surface area contributed by atoms with E-state index >= 15 is 0 Å². The summed E-state index contributed by atoms with van der Waals surface area (Å²) >= 11 is 7.31. The lowest BCUT2D eigenvalue weighted by molar-refractivity contribution is -0.122. The van der Waals surface area contributed by atoms with E-state index in [9.17, 15) is 9.90 Å².